The van der Waals surface area contributed by atoms with Gasteiger partial charge in [0.1, 0.15) is 17.2 Å². The predicted octanol–water partition coefficient (Wildman–Crippen LogP) is 5.29. The topological polar surface area (TPSA) is 83.4 Å². The minimum absolute atomic E-state index is 0.241. The average Bonchev–Trinajstić information content (AvgIpc) is 3.24. The monoisotopic (exact) mass is 485 g/mol. The normalized spacial score (nSPS) is 10.9. The Bertz CT molecular complexity index is 1450. The van der Waals surface area contributed by atoms with Gasteiger partial charge in [-0.05, 0) is 92.2 Å². The van der Waals surface area contributed by atoms with E-state index in [2.05, 4.69) is 22.5 Å². The molecule has 36 heavy (non-hydrogen) atoms. The third-order valence-electron chi connectivity index (χ3n) is 5.88. The molecule has 184 valence electrons. The van der Waals surface area contributed by atoms with Crippen LogP contribution in [0.2, 0.25) is 0 Å². The number of rotatable bonds is 8. The summed E-state index contributed by atoms with van der Waals surface area (Å²) in [7, 11) is 3.44. The number of hydrogen-bond donors (Lipinski definition) is 3. The molecule has 0 atom stereocenters. The molecule has 4 rings (SSSR count). The molecule has 0 bridgehead atoms. The highest BCUT2D eigenvalue weighted by molar-refractivity contribution is 6.12. The van der Waals surface area contributed by atoms with Crippen molar-refractivity contribution in [2.24, 2.45) is 0 Å². The Hall–Kier alpha value is -4.23. The fraction of sp³-hybridized carbons (Fsp3) is 0.172. The van der Waals surface area contributed by atoms with Gasteiger partial charge in [0, 0.05) is 29.3 Å². The van der Waals surface area contributed by atoms with Crippen molar-refractivity contribution in [1.29, 1.82) is 0 Å². The molecule has 0 aliphatic carbocycles. The van der Waals surface area contributed by atoms with Crippen LogP contribution in [0.25, 0.3) is 33.4 Å². The third kappa shape index (κ3) is 5.06. The first-order valence-electron chi connectivity index (χ1n) is 11.6. The number of fused-ring (bicyclic) bond motifs is 1. The minimum Gasteiger partial charge on any atom is -0.455 e. The van der Waals surface area contributed by atoms with Crippen LogP contribution in [0.5, 0.6) is 0 Å². The molecule has 0 fully saturated rings. The number of halogens is 1. The molecule has 0 aliphatic heterocycles. The number of amides is 2. The highest BCUT2D eigenvalue weighted by Gasteiger charge is 2.23. The smallest absolute Gasteiger partial charge is 0.255 e. The lowest BCUT2D eigenvalue weighted by molar-refractivity contribution is 0.0957. The molecule has 0 spiro atoms. The van der Waals surface area contributed by atoms with Gasteiger partial charge in [-0.25, -0.2) is 4.39 Å². The summed E-state index contributed by atoms with van der Waals surface area (Å²) in [6.07, 6.45) is 0.700. The molecule has 0 unspecified atom stereocenters. The average molecular weight is 486 g/mol. The molecule has 0 aliphatic rings. The van der Waals surface area contributed by atoms with E-state index >= 15 is 0 Å². The van der Waals surface area contributed by atoms with E-state index < -0.39 is 0 Å². The molecule has 3 aromatic carbocycles. The number of benzene rings is 3. The number of carbonyl (C=O) groups excluding carboxylic acids is 2. The summed E-state index contributed by atoms with van der Waals surface area (Å²) < 4.78 is 19.7. The molecule has 3 N–H and O–H groups in total. The number of nitrogens with one attached hydrogen (secondary N) is 3. The molecule has 0 radical (unpaired) electrons. The maximum atomic E-state index is 13.6. The van der Waals surface area contributed by atoms with Crippen LogP contribution in [0.3, 0.4) is 0 Å². The number of carbonyl (C=O) groups is 2. The molecule has 4 aromatic rings. The number of hydrogen-bond acceptors (Lipinski definition) is 4. The van der Waals surface area contributed by atoms with E-state index in [4.69, 9.17) is 4.42 Å². The van der Waals surface area contributed by atoms with Gasteiger partial charge in [0.25, 0.3) is 11.8 Å². The maximum absolute atomic E-state index is 13.6. The second-order valence-corrected chi connectivity index (χ2v) is 8.57. The number of likely N-dealkylation sites (N-methyl/N-ethyl adjacent to an activating group) is 1. The zero-order valence-corrected chi connectivity index (χ0v) is 20.5. The van der Waals surface area contributed by atoms with Crippen molar-refractivity contribution in [3.63, 3.8) is 0 Å². The van der Waals surface area contributed by atoms with E-state index in [9.17, 15) is 14.0 Å². The molecule has 6 nitrogen and oxygen atoms in total. The summed E-state index contributed by atoms with van der Waals surface area (Å²) in [4.78, 5) is 25.6. The highest BCUT2D eigenvalue weighted by Crippen LogP contribution is 2.38. The Morgan fingerprint density at radius 2 is 1.72 bits per heavy atom. The van der Waals surface area contributed by atoms with Crippen molar-refractivity contribution in [1.82, 2.24) is 16.0 Å². The largest absolute Gasteiger partial charge is 0.455 e. The van der Waals surface area contributed by atoms with E-state index in [1.807, 2.05) is 37.4 Å². The van der Waals surface area contributed by atoms with Crippen LogP contribution in [-0.2, 0) is 6.42 Å². The molecule has 0 saturated carbocycles. The van der Waals surface area contributed by atoms with Gasteiger partial charge < -0.3 is 20.4 Å². The standard InChI is InChI=1S/C29H28FN3O3/c1-17(2)33-28(34)21-7-5-6-19(14-21)23-16-24-25(15-20(23)12-13-31-3)36-27(26(24)29(35)32-4)18-8-10-22(30)11-9-18/h5-11,14-16,31H,1,12-13H2,2-4H3,(H,32,35)(H,33,34). The molecule has 7 heteroatoms. The first-order chi connectivity index (χ1) is 17.3. The van der Waals surface area contributed by atoms with Gasteiger partial charge in [0.15, 0.2) is 0 Å². The van der Waals surface area contributed by atoms with E-state index in [0.29, 0.717) is 45.5 Å². The van der Waals surface area contributed by atoms with Crippen molar-refractivity contribution < 1.29 is 18.4 Å². The summed E-state index contributed by atoms with van der Waals surface area (Å²) in [6, 6.07) is 17.0. The zero-order valence-electron chi connectivity index (χ0n) is 20.5. The van der Waals surface area contributed by atoms with Gasteiger partial charge in [-0.3, -0.25) is 9.59 Å². The highest BCUT2D eigenvalue weighted by atomic mass is 19.1. The number of allylic oxidation sites excluding steroid dienone is 1. The fourth-order valence-corrected chi connectivity index (χ4v) is 4.17. The minimum atomic E-state index is -0.372. The lowest BCUT2D eigenvalue weighted by atomic mass is 9.93. The SMILES string of the molecule is C=C(C)NC(=O)c1cccc(-c2cc3c(C(=O)NC)c(-c4ccc(F)cc4)oc3cc2CCNC)c1. The first-order valence-corrected chi connectivity index (χ1v) is 11.6. The van der Waals surface area contributed by atoms with Crippen LogP contribution < -0.4 is 16.0 Å². The summed E-state index contributed by atoms with van der Waals surface area (Å²) in [5, 5.41) is 9.22. The molecule has 1 heterocycles. The third-order valence-corrected chi connectivity index (χ3v) is 5.88. The van der Waals surface area contributed by atoms with Gasteiger partial charge in [-0.1, -0.05) is 18.7 Å². The van der Waals surface area contributed by atoms with Crippen molar-refractivity contribution >= 4 is 22.8 Å². The second-order valence-electron chi connectivity index (χ2n) is 8.57. The van der Waals surface area contributed by atoms with Gasteiger partial charge >= 0.3 is 0 Å². The molecule has 0 saturated heterocycles. The summed E-state index contributed by atoms with van der Waals surface area (Å²) in [5.41, 5.74) is 5.31. The summed E-state index contributed by atoms with van der Waals surface area (Å²) >= 11 is 0. The Balaban J connectivity index is 1.94. The quantitative estimate of drug-likeness (QED) is 0.317. The Kier molecular flexibility index (Phi) is 7.31. The van der Waals surface area contributed by atoms with E-state index in [0.717, 1.165) is 23.2 Å². The van der Waals surface area contributed by atoms with Crippen molar-refractivity contribution in [2.45, 2.75) is 13.3 Å². The van der Waals surface area contributed by atoms with E-state index in [1.165, 1.54) is 12.1 Å². The molecular weight excluding hydrogens is 457 g/mol. The Morgan fingerprint density at radius 3 is 2.39 bits per heavy atom. The fourth-order valence-electron chi connectivity index (χ4n) is 4.17. The van der Waals surface area contributed by atoms with Gasteiger partial charge in [-0.15, -0.1) is 0 Å². The Morgan fingerprint density at radius 1 is 0.972 bits per heavy atom. The predicted molar refractivity (Wildman–Crippen MR) is 140 cm³/mol. The molecular formula is C29H28FN3O3. The lowest BCUT2D eigenvalue weighted by Crippen LogP contribution is -2.20. The van der Waals surface area contributed by atoms with Gasteiger partial charge in [0.05, 0.1) is 5.56 Å². The molecule has 2 amide bonds. The van der Waals surface area contributed by atoms with Gasteiger partial charge in [0.2, 0.25) is 0 Å². The molecule has 1 aromatic heterocycles. The van der Waals surface area contributed by atoms with Crippen LogP contribution in [0, 0.1) is 5.82 Å². The van der Waals surface area contributed by atoms with Crippen molar-refractivity contribution in [3.05, 3.63) is 95.4 Å². The van der Waals surface area contributed by atoms with Crippen molar-refractivity contribution in [2.75, 3.05) is 20.6 Å². The van der Waals surface area contributed by atoms with E-state index in [1.54, 1.807) is 32.2 Å². The van der Waals surface area contributed by atoms with Crippen LogP contribution in [-0.4, -0.2) is 32.5 Å². The second kappa shape index (κ2) is 10.6. The van der Waals surface area contributed by atoms with Crippen LogP contribution in [0.4, 0.5) is 4.39 Å². The zero-order chi connectivity index (χ0) is 25.8. The Labute approximate surface area is 209 Å². The van der Waals surface area contributed by atoms with Crippen molar-refractivity contribution in [3.8, 4) is 22.5 Å². The van der Waals surface area contributed by atoms with Crippen LogP contribution >= 0.6 is 0 Å². The van der Waals surface area contributed by atoms with E-state index in [-0.39, 0.29) is 17.6 Å². The lowest BCUT2D eigenvalue weighted by Gasteiger charge is -2.12. The summed E-state index contributed by atoms with van der Waals surface area (Å²) in [5.74, 6) is -0.550. The first kappa shape index (κ1) is 24.9. The number of furan rings is 1. The van der Waals surface area contributed by atoms with Crippen LogP contribution in [0.1, 0.15) is 33.2 Å². The van der Waals surface area contributed by atoms with Gasteiger partial charge in [-0.2, -0.15) is 0 Å². The summed E-state index contributed by atoms with van der Waals surface area (Å²) in [6.45, 7) is 6.19. The maximum Gasteiger partial charge on any atom is 0.255 e. The van der Waals surface area contributed by atoms with Crippen LogP contribution in [0.15, 0.2) is 77.4 Å².